The van der Waals surface area contributed by atoms with Crippen molar-refractivity contribution in [2.75, 3.05) is 20.3 Å². The molecule has 6 bridgehead atoms. The summed E-state index contributed by atoms with van der Waals surface area (Å²) in [5.41, 5.74) is 1.59. The minimum Gasteiger partial charge on any atom is -0.497 e. The third-order valence-corrected chi connectivity index (χ3v) is 10.3. The monoisotopic (exact) mass is 724 g/mol. The molecule has 1 aliphatic carbocycles. The summed E-state index contributed by atoms with van der Waals surface area (Å²) >= 11 is 0. The van der Waals surface area contributed by atoms with E-state index in [9.17, 15) is 24.3 Å². The van der Waals surface area contributed by atoms with Gasteiger partial charge in [-0.15, -0.1) is 6.58 Å². The molecule has 3 heterocycles. The molecule has 280 valence electrons. The number of rotatable bonds is 6. The highest BCUT2D eigenvalue weighted by molar-refractivity contribution is 5.96. The molecule has 13 heteroatoms. The van der Waals surface area contributed by atoms with Crippen molar-refractivity contribution in [3.05, 3.63) is 72.8 Å². The van der Waals surface area contributed by atoms with E-state index in [0.29, 0.717) is 23.6 Å². The predicted octanol–water partition coefficient (Wildman–Crippen LogP) is 5.64. The predicted molar refractivity (Wildman–Crippen MR) is 199 cm³/mol. The van der Waals surface area contributed by atoms with Crippen molar-refractivity contribution in [3.63, 3.8) is 0 Å². The Balaban J connectivity index is 1.44. The standard InChI is InChI=1S/C40H48N6O7/c1-6-28-23-40(28,37(49)50)42-35(47)31-22-29-24-45(31)36(48)34(39(2,3)4)41-38(51)53-20-11-9-7-8-10-13-25-14-12-15-27(21-25)33-32(43-46(29)44-33)26-16-18-30(52-5)19-17-26/h6,10,12-19,21,28-29,31,34H,1,7-9,11,20,22-24H2,2-5H3,(H,41,51)(H,42,47)(H,49,50)/b13-10+/t28-,29-,31+,34-,40-/m1/s1. The second kappa shape index (κ2) is 15.3. The Morgan fingerprint density at radius 1 is 1.08 bits per heavy atom. The van der Waals surface area contributed by atoms with Crippen LogP contribution >= 0.6 is 0 Å². The van der Waals surface area contributed by atoms with Gasteiger partial charge in [-0.2, -0.15) is 15.0 Å². The molecular formula is C40H48N6O7. The molecule has 1 saturated carbocycles. The van der Waals surface area contributed by atoms with Gasteiger partial charge in [0.2, 0.25) is 11.8 Å². The van der Waals surface area contributed by atoms with Gasteiger partial charge in [-0.1, -0.05) is 57.2 Å². The second-order valence-electron chi connectivity index (χ2n) is 15.1. The smallest absolute Gasteiger partial charge is 0.407 e. The Bertz CT molecular complexity index is 1900. The number of hydrogen-bond donors (Lipinski definition) is 3. The molecule has 2 aliphatic heterocycles. The molecule has 3 aliphatic rings. The van der Waals surface area contributed by atoms with Crippen LogP contribution in [0, 0.1) is 11.3 Å². The van der Waals surface area contributed by atoms with Crippen LogP contribution in [0.25, 0.3) is 28.6 Å². The fourth-order valence-electron chi connectivity index (χ4n) is 7.10. The van der Waals surface area contributed by atoms with Crippen LogP contribution in [-0.2, 0) is 19.1 Å². The van der Waals surface area contributed by atoms with E-state index in [0.717, 1.165) is 36.0 Å². The average Bonchev–Trinajstić information content (AvgIpc) is 3.43. The number of nitrogens with zero attached hydrogens (tertiary/aromatic N) is 4. The highest BCUT2D eigenvalue weighted by atomic mass is 16.5. The van der Waals surface area contributed by atoms with E-state index in [-0.39, 0.29) is 26.0 Å². The molecule has 2 aromatic carbocycles. The van der Waals surface area contributed by atoms with E-state index in [1.807, 2.05) is 63.2 Å². The van der Waals surface area contributed by atoms with Crippen LogP contribution in [0.1, 0.15) is 70.9 Å². The normalized spacial score (nSPS) is 25.6. The molecule has 5 atom stereocenters. The van der Waals surface area contributed by atoms with Gasteiger partial charge < -0.3 is 30.1 Å². The number of allylic oxidation sites excluding steroid dienone is 1. The lowest BCUT2D eigenvalue weighted by Gasteiger charge is -2.35. The molecule has 0 spiro atoms. The Kier molecular flexibility index (Phi) is 10.7. The molecule has 2 fully saturated rings. The van der Waals surface area contributed by atoms with Gasteiger partial charge >= 0.3 is 12.1 Å². The molecule has 0 unspecified atom stereocenters. The summed E-state index contributed by atoms with van der Waals surface area (Å²) in [5.74, 6) is -2.03. The van der Waals surface area contributed by atoms with Crippen LogP contribution in [0.4, 0.5) is 4.79 Å². The first-order valence-electron chi connectivity index (χ1n) is 18.1. The third kappa shape index (κ3) is 7.98. The Morgan fingerprint density at radius 2 is 1.81 bits per heavy atom. The summed E-state index contributed by atoms with van der Waals surface area (Å²) in [7, 11) is 1.60. The number of hydrogen-bond acceptors (Lipinski definition) is 8. The number of nitrogens with one attached hydrogen (secondary N) is 2. The summed E-state index contributed by atoms with van der Waals surface area (Å²) in [5, 5.41) is 25.6. The first-order valence-corrected chi connectivity index (χ1v) is 18.1. The highest BCUT2D eigenvalue weighted by Crippen LogP contribution is 2.45. The van der Waals surface area contributed by atoms with Crippen molar-refractivity contribution in [1.82, 2.24) is 30.5 Å². The van der Waals surface area contributed by atoms with E-state index < -0.39 is 58.9 Å². The van der Waals surface area contributed by atoms with E-state index in [1.165, 1.54) is 11.0 Å². The van der Waals surface area contributed by atoms with Crippen molar-refractivity contribution in [3.8, 4) is 28.3 Å². The van der Waals surface area contributed by atoms with Crippen LogP contribution in [0.15, 0.2) is 67.3 Å². The largest absolute Gasteiger partial charge is 0.497 e. The topological polar surface area (TPSA) is 165 Å². The van der Waals surface area contributed by atoms with Crippen LogP contribution < -0.4 is 15.4 Å². The third-order valence-electron chi connectivity index (χ3n) is 10.3. The minimum atomic E-state index is -1.50. The molecular weight excluding hydrogens is 676 g/mol. The van der Waals surface area contributed by atoms with Crippen molar-refractivity contribution in [1.29, 1.82) is 0 Å². The number of alkyl carbamates (subject to hydrolysis) is 1. The SMILES string of the molecule is C=C[C@@H]1C[C@]1(NC(=O)[C@@H]1C[C@@H]2CN1C(=O)[C@H](C(C)(C)C)NC(=O)OCCCCC/C=C/c1cccc(c1)-c1nn2nc1-c1ccc(OC)cc1)C(=O)O. The number of methoxy groups -OCH3 is 1. The number of carbonyl (C=O) groups excluding carboxylic acids is 3. The molecule has 0 radical (unpaired) electrons. The maximum atomic E-state index is 14.6. The highest BCUT2D eigenvalue weighted by Gasteiger charge is 2.61. The number of carboxylic acids is 1. The lowest BCUT2D eigenvalue weighted by Crippen LogP contribution is -2.59. The quantitative estimate of drug-likeness (QED) is 0.273. The molecule has 3 amide bonds. The fraction of sp³-hybridized carbons (Fsp3) is 0.450. The van der Waals surface area contributed by atoms with Gasteiger partial charge in [0.1, 0.15) is 34.8 Å². The van der Waals surface area contributed by atoms with Crippen LogP contribution in [0.2, 0.25) is 0 Å². The molecule has 1 aromatic heterocycles. The van der Waals surface area contributed by atoms with Gasteiger partial charge in [0.15, 0.2) is 0 Å². The maximum Gasteiger partial charge on any atom is 0.407 e. The number of aromatic nitrogens is 3. The Labute approximate surface area is 309 Å². The van der Waals surface area contributed by atoms with Gasteiger partial charge in [0.05, 0.1) is 19.8 Å². The molecule has 53 heavy (non-hydrogen) atoms. The van der Waals surface area contributed by atoms with Crippen molar-refractivity contribution >= 4 is 30.0 Å². The first-order chi connectivity index (χ1) is 25.3. The average molecular weight is 725 g/mol. The Hall–Kier alpha value is -5.46. The summed E-state index contributed by atoms with van der Waals surface area (Å²) in [6.07, 6.45) is 8.59. The zero-order valence-corrected chi connectivity index (χ0v) is 30.7. The summed E-state index contributed by atoms with van der Waals surface area (Å²) in [6, 6.07) is 12.8. The number of carbonyl (C=O) groups is 4. The number of benzene rings is 2. The number of fused-ring (bicyclic) bond motifs is 8. The van der Waals surface area contributed by atoms with E-state index >= 15 is 0 Å². The number of carboxylic acid groups (broad SMARTS) is 1. The zero-order chi connectivity index (χ0) is 37.9. The van der Waals surface area contributed by atoms with Crippen molar-refractivity contribution < 1.29 is 33.8 Å². The van der Waals surface area contributed by atoms with Crippen LogP contribution in [-0.4, -0.2) is 86.8 Å². The number of amides is 3. The lowest BCUT2D eigenvalue weighted by molar-refractivity contribution is -0.146. The van der Waals surface area contributed by atoms with Crippen LogP contribution in [0.3, 0.4) is 0 Å². The summed E-state index contributed by atoms with van der Waals surface area (Å²) in [6.45, 7) is 9.43. The Morgan fingerprint density at radius 3 is 2.47 bits per heavy atom. The molecule has 3 N–H and O–H groups in total. The zero-order valence-electron chi connectivity index (χ0n) is 30.7. The fourth-order valence-corrected chi connectivity index (χ4v) is 7.10. The number of ether oxygens (including phenoxy) is 2. The lowest BCUT2D eigenvalue weighted by atomic mass is 9.85. The maximum absolute atomic E-state index is 14.6. The first kappa shape index (κ1) is 37.3. The second-order valence-corrected chi connectivity index (χ2v) is 15.1. The van der Waals surface area contributed by atoms with Gasteiger partial charge in [0, 0.05) is 30.0 Å². The molecule has 1 saturated heterocycles. The molecule has 6 rings (SSSR count). The minimum absolute atomic E-state index is 0.0319. The van der Waals surface area contributed by atoms with E-state index in [2.05, 4.69) is 35.4 Å². The van der Waals surface area contributed by atoms with Gasteiger partial charge in [0.25, 0.3) is 0 Å². The number of cyclic esters (lactones) is 1. The van der Waals surface area contributed by atoms with Crippen molar-refractivity contribution in [2.45, 2.75) is 83.0 Å². The van der Waals surface area contributed by atoms with Gasteiger partial charge in [-0.3, -0.25) is 9.59 Å². The summed E-state index contributed by atoms with van der Waals surface area (Å²) < 4.78 is 10.9. The van der Waals surface area contributed by atoms with Crippen LogP contribution in [0.5, 0.6) is 5.75 Å². The molecule has 13 nitrogen and oxygen atoms in total. The van der Waals surface area contributed by atoms with E-state index in [1.54, 1.807) is 11.9 Å². The van der Waals surface area contributed by atoms with E-state index in [4.69, 9.17) is 19.7 Å². The molecule has 3 aromatic rings. The van der Waals surface area contributed by atoms with Crippen molar-refractivity contribution in [2.24, 2.45) is 11.3 Å². The summed E-state index contributed by atoms with van der Waals surface area (Å²) in [4.78, 5) is 57.1. The van der Waals surface area contributed by atoms with Gasteiger partial charge in [-0.05, 0) is 73.4 Å². The van der Waals surface area contributed by atoms with Gasteiger partial charge in [-0.25, -0.2) is 9.59 Å². The number of aliphatic carboxylic acids is 1.